The smallest absolute Gasteiger partial charge is 0.0696 e. The molecule has 0 aliphatic rings. The molecule has 0 atom stereocenters. The molecule has 0 amide bonds. The Balaban J connectivity index is 0.00000137. The van der Waals surface area contributed by atoms with Crippen LogP contribution in [0.15, 0.2) is 54.8 Å². The molecule has 98 valence electrons. The molecule has 0 aromatic carbocycles. The highest BCUT2D eigenvalue weighted by atomic mass is 16.3. The summed E-state index contributed by atoms with van der Waals surface area (Å²) in [7, 11) is 0. The summed E-state index contributed by atoms with van der Waals surface area (Å²) in [6.07, 6.45) is 10.3. The van der Waals surface area contributed by atoms with Crippen LogP contribution in [0.2, 0.25) is 0 Å². The fourth-order valence-corrected chi connectivity index (χ4v) is 1.40. The normalized spacial score (nSPS) is 11.0. The van der Waals surface area contributed by atoms with Crippen LogP contribution in [0, 0.1) is 0 Å². The summed E-state index contributed by atoms with van der Waals surface area (Å²) in [5.74, 6) is 0. The third kappa shape index (κ3) is 6.16. The van der Waals surface area contributed by atoms with Crippen molar-refractivity contribution in [3.63, 3.8) is 0 Å². The molecule has 0 aliphatic heterocycles. The van der Waals surface area contributed by atoms with Crippen molar-refractivity contribution in [1.82, 2.24) is 4.98 Å². The van der Waals surface area contributed by atoms with Crippen LogP contribution in [0.25, 0.3) is 0 Å². The maximum atomic E-state index is 8.90. The van der Waals surface area contributed by atoms with Gasteiger partial charge in [0.25, 0.3) is 0 Å². The third-order valence-electron chi connectivity index (χ3n) is 2.17. The molecule has 0 bridgehead atoms. The van der Waals surface area contributed by atoms with E-state index in [9.17, 15) is 0 Å². The zero-order chi connectivity index (χ0) is 13.8. The van der Waals surface area contributed by atoms with Crippen molar-refractivity contribution in [2.75, 3.05) is 0 Å². The van der Waals surface area contributed by atoms with E-state index < -0.39 is 0 Å². The first kappa shape index (κ1) is 16.3. The van der Waals surface area contributed by atoms with Gasteiger partial charge in [0, 0.05) is 18.3 Å². The minimum atomic E-state index is 0.0392. The van der Waals surface area contributed by atoms with Gasteiger partial charge in [0.1, 0.15) is 0 Å². The third-order valence-corrected chi connectivity index (χ3v) is 2.17. The summed E-state index contributed by atoms with van der Waals surface area (Å²) in [6.45, 7) is 9.71. The van der Waals surface area contributed by atoms with Crippen molar-refractivity contribution < 1.29 is 5.11 Å². The van der Waals surface area contributed by atoms with Gasteiger partial charge in [0.2, 0.25) is 0 Å². The number of hydrogen-bond donors (Lipinski definition) is 1. The lowest BCUT2D eigenvalue weighted by Crippen LogP contribution is -1.93. The van der Waals surface area contributed by atoms with Crippen molar-refractivity contribution in [2.24, 2.45) is 0 Å². The first-order chi connectivity index (χ1) is 8.80. The Bertz CT molecular complexity index is 388. The number of hydrogen-bond acceptors (Lipinski definition) is 2. The van der Waals surface area contributed by atoms with Gasteiger partial charge in [-0.1, -0.05) is 50.8 Å². The minimum Gasteiger partial charge on any atom is -0.392 e. The molecule has 1 N–H and O–H groups in total. The lowest BCUT2D eigenvalue weighted by atomic mass is 10.1. The van der Waals surface area contributed by atoms with Crippen LogP contribution in [-0.4, -0.2) is 10.1 Å². The van der Waals surface area contributed by atoms with Gasteiger partial charge in [-0.05, 0) is 24.1 Å². The van der Waals surface area contributed by atoms with E-state index in [-0.39, 0.29) is 6.61 Å². The SMILES string of the molecule is C=C/C=C(\C=C/C)Cc1ccc(CO)cn1.CC. The summed E-state index contributed by atoms with van der Waals surface area (Å²) >= 11 is 0. The molecular formula is C16H23NO. The highest BCUT2D eigenvalue weighted by Gasteiger charge is 1.98. The standard InChI is InChI=1S/C14H17NO.C2H6/c1-3-5-12(6-4-2)9-14-8-7-13(11-16)10-15-14;1-2/h3-8,10,16H,1,9,11H2,2H3;1-2H3/b6-4-,12-5+;. The van der Waals surface area contributed by atoms with Crippen LogP contribution >= 0.6 is 0 Å². The van der Waals surface area contributed by atoms with E-state index in [2.05, 4.69) is 11.6 Å². The number of pyridine rings is 1. The van der Waals surface area contributed by atoms with E-state index in [1.165, 1.54) is 5.57 Å². The number of aromatic nitrogens is 1. The van der Waals surface area contributed by atoms with Crippen molar-refractivity contribution >= 4 is 0 Å². The maximum Gasteiger partial charge on any atom is 0.0696 e. The van der Waals surface area contributed by atoms with Crippen LogP contribution in [0.1, 0.15) is 32.0 Å². The summed E-state index contributed by atoms with van der Waals surface area (Å²) in [5, 5.41) is 8.90. The monoisotopic (exact) mass is 245 g/mol. The average Bonchev–Trinajstić information content (AvgIpc) is 2.42. The lowest BCUT2D eigenvalue weighted by Gasteiger charge is -2.02. The predicted octanol–water partition coefficient (Wildman–Crippen LogP) is 3.83. The van der Waals surface area contributed by atoms with Gasteiger partial charge in [-0.3, -0.25) is 4.98 Å². The molecular weight excluding hydrogens is 222 g/mol. The van der Waals surface area contributed by atoms with Crippen molar-refractivity contribution in [3.05, 3.63) is 66.0 Å². The summed E-state index contributed by atoms with van der Waals surface area (Å²) < 4.78 is 0. The van der Waals surface area contributed by atoms with E-state index in [4.69, 9.17) is 5.11 Å². The zero-order valence-electron chi connectivity index (χ0n) is 11.6. The summed E-state index contributed by atoms with van der Waals surface area (Å²) in [5.41, 5.74) is 2.99. The van der Waals surface area contributed by atoms with Gasteiger partial charge in [-0.15, -0.1) is 0 Å². The number of nitrogens with zero attached hydrogens (tertiary/aromatic N) is 1. The second kappa shape index (κ2) is 10.5. The minimum absolute atomic E-state index is 0.0392. The largest absolute Gasteiger partial charge is 0.392 e. The highest BCUT2D eigenvalue weighted by molar-refractivity contribution is 5.28. The van der Waals surface area contributed by atoms with Gasteiger partial charge < -0.3 is 5.11 Å². The molecule has 0 aliphatic carbocycles. The molecule has 1 aromatic rings. The first-order valence-electron chi connectivity index (χ1n) is 6.29. The molecule has 0 fully saturated rings. The van der Waals surface area contributed by atoms with E-state index in [1.54, 1.807) is 12.3 Å². The maximum absolute atomic E-state index is 8.90. The van der Waals surface area contributed by atoms with Crippen molar-refractivity contribution in [2.45, 2.75) is 33.8 Å². The fraction of sp³-hybridized carbons (Fsp3) is 0.312. The van der Waals surface area contributed by atoms with Crippen molar-refractivity contribution in [1.29, 1.82) is 0 Å². The van der Waals surface area contributed by atoms with Gasteiger partial charge in [0.05, 0.1) is 6.61 Å². The molecule has 0 saturated carbocycles. The van der Waals surface area contributed by atoms with Crippen LogP contribution in [0.3, 0.4) is 0 Å². The molecule has 2 heteroatoms. The quantitative estimate of drug-likeness (QED) is 0.800. The van der Waals surface area contributed by atoms with Crippen LogP contribution < -0.4 is 0 Å². The predicted molar refractivity (Wildman–Crippen MR) is 78.3 cm³/mol. The molecule has 0 spiro atoms. The fourth-order valence-electron chi connectivity index (χ4n) is 1.40. The van der Waals surface area contributed by atoms with Crippen molar-refractivity contribution in [3.8, 4) is 0 Å². The average molecular weight is 245 g/mol. The number of aliphatic hydroxyl groups excluding tert-OH is 1. The van der Waals surface area contributed by atoms with E-state index in [1.807, 2.05) is 51.1 Å². The molecule has 1 aromatic heterocycles. The molecule has 2 nitrogen and oxygen atoms in total. The van der Waals surface area contributed by atoms with E-state index >= 15 is 0 Å². The van der Waals surface area contributed by atoms with Gasteiger partial charge in [-0.25, -0.2) is 0 Å². The molecule has 18 heavy (non-hydrogen) atoms. The summed E-state index contributed by atoms with van der Waals surface area (Å²) in [6, 6.07) is 3.83. The number of aliphatic hydroxyl groups is 1. The Morgan fingerprint density at radius 2 is 2.11 bits per heavy atom. The number of rotatable bonds is 5. The zero-order valence-corrected chi connectivity index (χ0v) is 11.6. The highest BCUT2D eigenvalue weighted by Crippen LogP contribution is 2.08. The van der Waals surface area contributed by atoms with Gasteiger partial charge >= 0.3 is 0 Å². The topological polar surface area (TPSA) is 33.1 Å². The van der Waals surface area contributed by atoms with Crippen LogP contribution in [0.4, 0.5) is 0 Å². The molecule has 1 heterocycles. The Morgan fingerprint density at radius 3 is 2.56 bits per heavy atom. The van der Waals surface area contributed by atoms with Gasteiger partial charge in [-0.2, -0.15) is 0 Å². The second-order valence-corrected chi connectivity index (χ2v) is 3.47. The molecule has 0 unspecified atom stereocenters. The Kier molecular flexibility index (Phi) is 9.51. The first-order valence-corrected chi connectivity index (χ1v) is 6.29. The van der Waals surface area contributed by atoms with E-state index in [0.717, 1.165) is 17.7 Å². The Labute approximate surface area is 110 Å². The molecule has 0 radical (unpaired) electrons. The van der Waals surface area contributed by atoms with Crippen LogP contribution in [-0.2, 0) is 13.0 Å². The van der Waals surface area contributed by atoms with Crippen LogP contribution in [0.5, 0.6) is 0 Å². The lowest BCUT2D eigenvalue weighted by molar-refractivity contribution is 0.281. The van der Waals surface area contributed by atoms with Gasteiger partial charge in [0.15, 0.2) is 0 Å². The Hall–Kier alpha value is -1.67. The Morgan fingerprint density at radius 1 is 1.39 bits per heavy atom. The van der Waals surface area contributed by atoms with E-state index in [0.29, 0.717) is 0 Å². The second-order valence-electron chi connectivity index (χ2n) is 3.47. The molecule has 1 rings (SSSR count). The molecule has 0 saturated heterocycles. The summed E-state index contributed by atoms with van der Waals surface area (Å²) in [4.78, 5) is 4.28. The number of allylic oxidation sites excluding steroid dienone is 5.